The van der Waals surface area contributed by atoms with Crippen molar-refractivity contribution in [3.05, 3.63) is 27.6 Å². The molecule has 0 amide bonds. The van der Waals surface area contributed by atoms with E-state index in [9.17, 15) is 10.1 Å². The molecule has 76 valence electrons. The summed E-state index contributed by atoms with van der Waals surface area (Å²) in [7, 11) is 1.52. The van der Waals surface area contributed by atoms with Gasteiger partial charge in [0.05, 0.1) is 17.2 Å². The van der Waals surface area contributed by atoms with Crippen molar-refractivity contribution in [3.8, 4) is 0 Å². The number of nitrogens with two attached hydrogens (primary N) is 1. The number of pyridine rings is 1. The van der Waals surface area contributed by atoms with Gasteiger partial charge in [-0.25, -0.2) is 4.98 Å². The molecule has 0 aliphatic heterocycles. The molecule has 14 heavy (non-hydrogen) atoms. The molecule has 1 heterocycles. The predicted molar refractivity (Wildman–Crippen MR) is 50.8 cm³/mol. The maximum Gasteiger partial charge on any atom is 0.313 e. The number of rotatable bonds is 3. The van der Waals surface area contributed by atoms with E-state index < -0.39 is 4.92 Å². The van der Waals surface area contributed by atoms with Crippen LogP contribution in [0.5, 0.6) is 0 Å². The Labute approximate surface area is 80.9 Å². The van der Waals surface area contributed by atoms with Crippen molar-refractivity contribution in [3.63, 3.8) is 0 Å². The highest BCUT2D eigenvalue weighted by Gasteiger charge is 2.17. The maximum absolute atomic E-state index is 10.6. The van der Waals surface area contributed by atoms with Crippen molar-refractivity contribution in [2.45, 2.75) is 13.5 Å². The van der Waals surface area contributed by atoms with Crippen molar-refractivity contribution in [1.29, 1.82) is 0 Å². The first-order chi connectivity index (χ1) is 6.56. The molecule has 1 rings (SSSR count). The summed E-state index contributed by atoms with van der Waals surface area (Å²) in [4.78, 5) is 14.0. The first-order valence-corrected chi connectivity index (χ1v) is 3.95. The molecule has 0 aliphatic carbocycles. The van der Waals surface area contributed by atoms with Crippen LogP contribution in [0.2, 0.25) is 0 Å². The van der Waals surface area contributed by atoms with Gasteiger partial charge in [-0.15, -0.1) is 0 Å². The molecule has 0 radical (unpaired) electrons. The molecule has 0 saturated carbocycles. The van der Waals surface area contributed by atoms with Gasteiger partial charge in [-0.05, 0) is 13.0 Å². The Morgan fingerprint density at radius 2 is 2.36 bits per heavy atom. The second kappa shape index (κ2) is 4.01. The van der Waals surface area contributed by atoms with Crippen LogP contribution in [0.25, 0.3) is 0 Å². The predicted octanol–water partition coefficient (Wildman–Crippen LogP) is 1.03. The van der Waals surface area contributed by atoms with E-state index >= 15 is 0 Å². The van der Waals surface area contributed by atoms with Crippen LogP contribution in [0.4, 0.5) is 11.4 Å². The van der Waals surface area contributed by atoms with Crippen LogP contribution in [-0.4, -0.2) is 17.0 Å². The lowest BCUT2D eigenvalue weighted by atomic mass is 10.2. The molecule has 0 saturated heterocycles. The third kappa shape index (κ3) is 1.97. The molecule has 0 unspecified atom stereocenters. The molecule has 0 atom stereocenters. The number of anilines is 1. The highest BCUT2D eigenvalue weighted by molar-refractivity contribution is 5.60. The van der Waals surface area contributed by atoms with Crippen LogP contribution in [0.15, 0.2) is 6.07 Å². The van der Waals surface area contributed by atoms with E-state index in [4.69, 9.17) is 10.5 Å². The highest BCUT2D eigenvalue weighted by Crippen LogP contribution is 2.24. The van der Waals surface area contributed by atoms with Crippen LogP contribution in [0.1, 0.15) is 11.4 Å². The van der Waals surface area contributed by atoms with E-state index in [0.717, 1.165) is 0 Å². The summed E-state index contributed by atoms with van der Waals surface area (Å²) >= 11 is 0. The fourth-order valence-corrected chi connectivity index (χ4v) is 1.22. The smallest absolute Gasteiger partial charge is 0.313 e. The fourth-order valence-electron chi connectivity index (χ4n) is 1.22. The summed E-state index contributed by atoms with van der Waals surface area (Å²) in [6.07, 6.45) is 0. The summed E-state index contributed by atoms with van der Waals surface area (Å²) in [5, 5.41) is 10.6. The summed E-state index contributed by atoms with van der Waals surface area (Å²) < 4.78 is 4.85. The second-order valence-corrected chi connectivity index (χ2v) is 2.83. The molecular formula is C8H11N3O3. The molecule has 6 heteroatoms. The lowest BCUT2D eigenvalue weighted by Gasteiger charge is -2.04. The minimum Gasteiger partial charge on any atom is -0.393 e. The van der Waals surface area contributed by atoms with Gasteiger partial charge in [0.15, 0.2) is 0 Å². The minimum absolute atomic E-state index is 0.120. The first-order valence-electron chi connectivity index (χ1n) is 3.95. The van der Waals surface area contributed by atoms with Gasteiger partial charge >= 0.3 is 5.69 Å². The van der Waals surface area contributed by atoms with Crippen LogP contribution < -0.4 is 5.73 Å². The van der Waals surface area contributed by atoms with E-state index in [0.29, 0.717) is 18.0 Å². The standard InChI is InChI=1S/C8H11N3O3/c1-5-8(11(12)13)7(9)3-6(10-5)4-14-2/h3H,4H2,1-2H3,(H2,9,10). The molecule has 1 aromatic rings. The van der Waals surface area contributed by atoms with E-state index in [1.807, 2.05) is 0 Å². The monoisotopic (exact) mass is 197 g/mol. The van der Waals surface area contributed by atoms with Crippen LogP contribution in [-0.2, 0) is 11.3 Å². The highest BCUT2D eigenvalue weighted by atomic mass is 16.6. The van der Waals surface area contributed by atoms with Crippen LogP contribution in [0.3, 0.4) is 0 Å². The quantitative estimate of drug-likeness (QED) is 0.577. The molecule has 0 fully saturated rings. The lowest BCUT2D eigenvalue weighted by molar-refractivity contribution is -0.384. The topological polar surface area (TPSA) is 91.3 Å². The maximum atomic E-state index is 10.6. The lowest BCUT2D eigenvalue weighted by Crippen LogP contribution is -2.03. The molecule has 0 bridgehead atoms. The second-order valence-electron chi connectivity index (χ2n) is 2.83. The van der Waals surface area contributed by atoms with Crippen molar-refractivity contribution in [1.82, 2.24) is 4.98 Å². The molecule has 0 aliphatic rings. The Kier molecular flexibility index (Phi) is 2.98. The number of ether oxygens (including phenoxy) is 1. The Bertz CT molecular complexity index is 342. The Hall–Kier alpha value is -1.69. The molecular weight excluding hydrogens is 186 g/mol. The molecule has 2 N–H and O–H groups in total. The van der Waals surface area contributed by atoms with Gasteiger partial charge in [0.2, 0.25) is 0 Å². The summed E-state index contributed by atoms with van der Waals surface area (Å²) in [6.45, 7) is 1.84. The summed E-state index contributed by atoms with van der Waals surface area (Å²) in [5.74, 6) is 0. The largest absolute Gasteiger partial charge is 0.393 e. The number of methoxy groups -OCH3 is 1. The van der Waals surface area contributed by atoms with Gasteiger partial charge in [-0.3, -0.25) is 10.1 Å². The molecule has 6 nitrogen and oxygen atoms in total. The first kappa shape index (κ1) is 10.4. The van der Waals surface area contributed by atoms with Crippen molar-refractivity contribution in [2.75, 3.05) is 12.8 Å². The van der Waals surface area contributed by atoms with Gasteiger partial charge in [0.1, 0.15) is 11.4 Å². The SMILES string of the molecule is COCc1cc(N)c([N+](=O)[O-])c(C)n1. The number of nitrogens with zero attached hydrogens (tertiary/aromatic N) is 2. The van der Waals surface area contributed by atoms with Gasteiger partial charge in [0, 0.05) is 7.11 Å². The van der Waals surface area contributed by atoms with E-state index in [2.05, 4.69) is 4.98 Å². The Morgan fingerprint density at radius 3 is 2.79 bits per heavy atom. The molecule has 0 aromatic carbocycles. The fraction of sp³-hybridized carbons (Fsp3) is 0.375. The molecule has 1 aromatic heterocycles. The number of nitrogen functional groups attached to an aromatic ring is 1. The zero-order valence-electron chi connectivity index (χ0n) is 7.98. The van der Waals surface area contributed by atoms with Crippen molar-refractivity contribution in [2.24, 2.45) is 0 Å². The zero-order chi connectivity index (χ0) is 10.7. The van der Waals surface area contributed by atoms with E-state index in [1.165, 1.54) is 13.2 Å². The average Bonchev–Trinajstić information content (AvgIpc) is 2.01. The normalized spacial score (nSPS) is 10.1. The van der Waals surface area contributed by atoms with Crippen molar-refractivity contribution >= 4 is 11.4 Å². The van der Waals surface area contributed by atoms with Gasteiger partial charge < -0.3 is 10.5 Å². The van der Waals surface area contributed by atoms with Gasteiger partial charge in [-0.1, -0.05) is 0 Å². The van der Waals surface area contributed by atoms with Crippen LogP contribution in [0, 0.1) is 17.0 Å². The Morgan fingerprint density at radius 1 is 1.71 bits per heavy atom. The number of hydrogen-bond donors (Lipinski definition) is 1. The number of aryl methyl sites for hydroxylation is 1. The number of hydrogen-bond acceptors (Lipinski definition) is 5. The van der Waals surface area contributed by atoms with Gasteiger partial charge in [0.25, 0.3) is 0 Å². The average molecular weight is 197 g/mol. The minimum atomic E-state index is -0.533. The zero-order valence-corrected chi connectivity index (χ0v) is 7.98. The molecule has 0 spiro atoms. The van der Waals surface area contributed by atoms with Crippen LogP contribution >= 0.6 is 0 Å². The summed E-state index contributed by atoms with van der Waals surface area (Å²) in [5.41, 5.74) is 6.40. The van der Waals surface area contributed by atoms with E-state index in [-0.39, 0.29) is 11.4 Å². The summed E-state index contributed by atoms with van der Waals surface area (Å²) in [6, 6.07) is 1.45. The third-order valence-electron chi connectivity index (χ3n) is 1.72. The third-order valence-corrected chi connectivity index (χ3v) is 1.72. The van der Waals surface area contributed by atoms with E-state index in [1.54, 1.807) is 6.92 Å². The van der Waals surface area contributed by atoms with Crippen molar-refractivity contribution < 1.29 is 9.66 Å². The number of aromatic nitrogens is 1. The van der Waals surface area contributed by atoms with Gasteiger partial charge in [-0.2, -0.15) is 0 Å². The number of nitro groups is 1. The Balaban J connectivity index is 3.18.